The first-order valence-electron chi connectivity index (χ1n) is 6.12. The molecule has 2 amide bonds. The molecule has 1 aliphatic rings. The van der Waals surface area contributed by atoms with Gasteiger partial charge in [0.1, 0.15) is 5.75 Å². The van der Waals surface area contributed by atoms with Gasteiger partial charge >= 0.3 is 0 Å². The third-order valence-electron chi connectivity index (χ3n) is 2.96. The Balaban J connectivity index is 2.12. The number of aliphatic hydroxyl groups is 1. The van der Waals surface area contributed by atoms with E-state index in [0.29, 0.717) is 23.5 Å². The maximum absolute atomic E-state index is 11.8. The summed E-state index contributed by atoms with van der Waals surface area (Å²) in [6.07, 6.45) is 0.563. The summed E-state index contributed by atoms with van der Waals surface area (Å²) in [5, 5.41) is 14.4. The smallest absolute Gasteiger partial charge is 0.262 e. The van der Waals surface area contributed by atoms with Crippen molar-refractivity contribution in [3.63, 3.8) is 0 Å². The predicted octanol–water partition coefficient (Wildman–Crippen LogP) is 0.974. The van der Waals surface area contributed by atoms with E-state index in [-0.39, 0.29) is 25.0 Å². The van der Waals surface area contributed by atoms with Crippen LogP contribution in [0.2, 0.25) is 0 Å². The third kappa shape index (κ3) is 3.03. The van der Waals surface area contributed by atoms with Gasteiger partial charge in [0.15, 0.2) is 6.61 Å². The minimum absolute atomic E-state index is 0.00112. The molecule has 1 heterocycles. The highest BCUT2D eigenvalue weighted by Crippen LogP contribution is 2.30. The molecule has 0 fully saturated rings. The summed E-state index contributed by atoms with van der Waals surface area (Å²) in [6, 6.07) is 5.01. The predicted molar refractivity (Wildman–Crippen MR) is 70.1 cm³/mol. The Morgan fingerprint density at radius 2 is 2.37 bits per heavy atom. The van der Waals surface area contributed by atoms with Gasteiger partial charge in [0, 0.05) is 5.69 Å². The van der Waals surface area contributed by atoms with Gasteiger partial charge in [-0.15, -0.1) is 0 Å². The van der Waals surface area contributed by atoms with E-state index in [1.807, 2.05) is 6.92 Å². The van der Waals surface area contributed by atoms with Gasteiger partial charge < -0.3 is 20.5 Å². The average Bonchev–Trinajstić information content (AvgIpc) is 2.39. The number of rotatable bonds is 4. The van der Waals surface area contributed by atoms with Crippen LogP contribution in [0.4, 0.5) is 11.4 Å². The second kappa shape index (κ2) is 5.71. The first kappa shape index (κ1) is 13.4. The Bertz CT molecular complexity index is 497. The summed E-state index contributed by atoms with van der Waals surface area (Å²) in [5.41, 5.74) is 1.09. The molecule has 1 atom stereocenters. The van der Waals surface area contributed by atoms with Crippen LogP contribution in [0, 0.1) is 5.92 Å². The van der Waals surface area contributed by atoms with Gasteiger partial charge in [0.25, 0.3) is 5.91 Å². The van der Waals surface area contributed by atoms with Crippen LogP contribution in [0.3, 0.4) is 0 Å². The fraction of sp³-hybridized carbons (Fsp3) is 0.385. The molecule has 0 bridgehead atoms. The number of carbonyl (C=O) groups is 2. The molecule has 6 heteroatoms. The summed E-state index contributed by atoms with van der Waals surface area (Å²) < 4.78 is 5.22. The number of benzene rings is 1. The molecule has 6 nitrogen and oxygen atoms in total. The van der Waals surface area contributed by atoms with Crippen molar-refractivity contribution < 1.29 is 19.4 Å². The maximum Gasteiger partial charge on any atom is 0.262 e. The lowest BCUT2D eigenvalue weighted by molar-refractivity contribution is -0.121. The molecule has 1 aromatic rings. The van der Waals surface area contributed by atoms with Crippen LogP contribution in [0.15, 0.2) is 18.2 Å². The van der Waals surface area contributed by atoms with Crippen molar-refractivity contribution in [2.24, 2.45) is 5.92 Å². The SMILES string of the molecule is CCC(CO)C(=O)Nc1ccc2c(c1)NC(=O)CO2. The number of aliphatic hydroxyl groups excluding tert-OH is 1. The molecule has 0 aliphatic carbocycles. The van der Waals surface area contributed by atoms with Crippen LogP contribution in [0.1, 0.15) is 13.3 Å². The summed E-state index contributed by atoms with van der Waals surface area (Å²) in [4.78, 5) is 23.0. The Labute approximate surface area is 110 Å². The molecule has 3 N–H and O–H groups in total. The molecule has 0 saturated heterocycles. The number of fused-ring (bicyclic) bond motifs is 1. The van der Waals surface area contributed by atoms with E-state index in [9.17, 15) is 9.59 Å². The molecular weight excluding hydrogens is 248 g/mol. The lowest BCUT2D eigenvalue weighted by Gasteiger charge is -2.19. The van der Waals surface area contributed by atoms with E-state index < -0.39 is 5.92 Å². The van der Waals surface area contributed by atoms with Crippen LogP contribution >= 0.6 is 0 Å². The molecule has 1 unspecified atom stereocenters. The van der Waals surface area contributed by atoms with E-state index >= 15 is 0 Å². The maximum atomic E-state index is 11.8. The van der Waals surface area contributed by atoms with E-state index in [0.717, 1.165) is 0 Å². The molecule has 0 radical (unpaired) electrons. The number of amides is 2. The van der Waals surface area contributed by atoms with E-state index in [1.165, 1.54) is 0 Å². The zero-order valence-corrected chi connectivity index (χ0v) is 10.6. The number of hydrogen-bond acceptors (Lipinski definition) is 4. The van der Waals surface area contributed by atoms with Crippen molar-refractivity contribution in [2.45, 2.75) is 13.3 Å². The first-order valence-corrected chi connectivity index (χ1v) is 6.12. The zero-order chi connectivity index (χ0) is 13.8. The van der Waals surface area contributed by atoms with Crippen LogP contribution < -0.4 is 15.4 Å². The quantitative estimate of drug-likeness (QED) is 0.756. The highest BCUT2D eigenvalue weighted by atomic mass is 16.5. The minimum atomic E-state index is -0.429. The first-order chi connectivity index (χ1) is 9.13. The standard InChI is InChI=1S/C13H16N2O4/c1-2-8(6-16)13(18)14-9-3-4-11-10(5-9)15-12(17)7-19-11/h3-5,8,16H,2,6-7H2,1H3,(H,14,18)(H,15,17). The lowest BCUT2D eigenvalue weighted by Crippen LogP contribution is -2.27. The van der Waals surface area contributed by atoms with E-state index in [1.54, 1.807) is 18.2 Å². The second-order valence-corrected chi connectivity index (χ2v) is 4.32. The lowest BCUT2D eigenvalue weighted by atomic mass is 10.1. The number of carbonyl (C=O) groups excluding carboxylic acids is 2. The normalized spacial score (nSPS) is 14.9. The van der Waals surface area contributed by atoms with E-state index in [4.69, 9.17) is 9.84 Å². The Hall–Kier alpha value is -2.08. The fourth-order valence-electron chi connectivity index (χ4n) is 1.80. The van der Waals surface area contributed by atoms with Crippen molar-refractivity contribution in [1.82, 2.24) is 0 Å². The molecule has 1 aromatic carbocycles. The zero-order valence-electron chi connectivity index (χ0n) is 10.6. The Kier molecular flexibility index (Phi) is 4.01. The van der Waals surface area contributed by atoms with Crippen LogP contribution in [-0.4, -0.2) is 30.1 Å². The Morgan fingerprint density at radius 3 is 3.05 bits per heavy atom. The van der Waals surface area contributed by atoms with Gasteiger partial charge in [-0.05, 0) is 24.6 Å². The number of ether oxygens (including phenoxy) is 1. The van der Waals surface area contributed by atoms with Crippen molar-refractivity contribution >= 4 is 23.2 Å². The number of nitrogens with one attached hydrogen (secondary N) is 2. The van der Waals surface area contributed by atoms with Crippen LogP contribution in [0.5, 0.6) is 5.75 Å². The van der Waals surface area contributed by atoms with Crippen molar-refractivity contribution in [3.05, 3.63) is 18.2 Å². The van der Waals surface area contributed by atoms with Crippen LogP contribution in [0.25, 0.3) is 0 Å². The van der Waals surface area contributed by atoms with Gasteiger partial charge in [-0.3, -0.25) is 9.59 Å². The van der Waals surface area contributed by atoms with Crippen molar-refractivity contribution in [2.75, 3.05) is 23.8 Å². The summed E-state index contributed by atoms with van der Waals surface area (Å²) in [5.74, 6) is -0.320. The average molecular weight is 264 g/mol. The second-order valence-electron chi connectivity index (χ2n) is 4.32. The largest absolute Gasteiger partial charge is 0.482 e. The van der Waals surface area contributed by atoms with Crippen molar-refractivity contribution in [1.29, 1.82) is 0 Å². The van der Waals surface area contributed by atoms with Gasteiger partial charge in [0.05, 0.1) is 18.2 Å². The van der Waals surface area contributed by atoms with E-state index in [2.05, 4.69) is 10.6 Å². The highest BCUT2D eigenvalue weighted by molar-refractivity contribution is 5.98. The molecule has 0 aromatic heterocycles. The monoisotopic (exact) mass is 264 g/mol. The van der Waals surface area contributed by atoms with Gasteiger partial charge in [-0.25, -0.2) is 0 Å². The number of hydrogen-bond donors (Lipinski definition) is 3. The molecule has 19 heavy (non-hydrogen) atoms. The molecule has 102 valence electrons. The molecule has 2 rings (SSSR count). The third-order valence-corrected chi connectivity index (χ3v) is 2.96. The van der Waals surface area contributed by atoms with Crippen LogP contribution in [-0.2, 0) is 9.59 Å². The summed E-state index contributed by atoms with van der Waals surface area (Å²) in [6.45, 7) is 1.65. The van der Waals surface area contributed by atoms with Crippen molar-refractivity contribution in [3.8, 4) is 5.75 Å². The van der Waals surface area contributed by atoms with Gasteiger partial charge in [-0.2, -0.15) is 0 Å². The Morgan fingerprint density at radius 1 is 1.58 bits per heavy atom. The van der Waals surface area contributed by atoms with Gasteiger partial charge in [0.2, 0.25) is 5.91 Å². The molecule has 0 spiro atoms. The molecule has 1 aliphatic heterocycles. The summed E-state index contributed by atoms with van der Waals surface area (Å²) in [7, 11) is 0. The number of anilines is 2. The van der Waals surface area contributed by atoms with Gasteiger partial charge in [-0.1, -0.05) is 6.92 Å². The highest BCUT2D eigenvalue weighted by Gasteiger charge is 2.18. The topological polar surface area (TPSA) is 87.7 Å². The molecular formula is C13H16N2O4. The fourth-order valence-corrected chi connectivity index (χ4v) is 1.80. The molecule has 0 saturated carbocycles. The summed E-state index contributed by atoms with van der Waals surface area (Å²) >= 11 is 0. The minimum Gasteiger partial charge on any atom is -0.482 e.